The van der Waals surface area contributed by atoms with E-state index in [0.717, 1.165) is 0 Å². The van der Waals surface area contributed by atoms with Crippen molar-refractivity contribution in [3.8, 4) is 5.75 Å². The number of carbonyl (C=O) groups is 2. The molecule has 2 rings (SSSR count). The minimum Gasteiger partial charge on any atom is -0.493 e. The zero-order chi connectivity index (χ0) is 20.0. The van der Waals surface area contributed by atoms with E-state index in [0.29, 0.717) is 28.9 Å². The third kappa shape index (κ3) is 6.41. The van der Waals surface area contributed by atoms with E-state index >= 15 is 0 Å². The largest absolute Gasteiger partial charge is 0.493 e. The number of hydrogen-bond donors (Lipinski definition) is 1. The molecule has 0 aliphatic rings. The number of amides is 1. The summed E-state index contributed by atoms with van der Waals surface area (Å²) >= 11 is 11.7. The maximum absolute atomic E-state index is 12.2. The maximum Gasteiger partial charge on any atom is 0.338 e. The average Bonchev–Trinajstić information content (AvgIpc) is 2.62. The van der Waals surface area contributed by atoms with Gasteiger partial charge in [0.15, 0.2) is 11.9 Å². The lowest BCUT2D eigenvalue weighted by Crippen LogP contribution is -2.30. The van der Waals surface area contributed by atoms with Crippen molar-refractivity contribution in [1.29, 1.82) is 0 Å². The zero-order valence-electron chi connectivity index (χ0n) is 15.2. The van der Waals surface area contributed by atoms with Gasteiger partial charge in [0.2, 0.25) is 0 Å². The molecule has 1 unspecified atom stereocenters. The molecule has 27 heavy (non-hydrogen) atoms. The normalized spacial score (nSPS) is 11.8. The molecule has 1 heterocycles. The molecule has 1 aromatic carbocycles. The van der Waals surface area contributed by atoms with Crippen molar-refractivity contribution in [2.24, 2.45) is 5.92 Å². The molecule has 6 nitrogen and oxygen atoms in total. The lowest BCUT2D eigenvalue weighted by atomic mass is 10.2. The van der Waals surface area contributed by atoms with Crippen LogP contribution in [0.3, 0.4) is 0 Å². The van der Waals surface area contributed by atoms with Gasteiger partial charge >= 0.3 is 5.97 Å². The van der Waals surface area contributed by atoms with Gasteiger partial charge in [0.1, 0.15) is 5.75 Å². The summed E-state index contributed by atoms with van der Waals surface area (Å²) in [4.78, 5) is 28.3. The number of pyridine rings is 1. The van der Waals surface area contributed by atoms with Gasteiger partial charge in [0, 0.05) is 6.20 Å². The van der Waals surface area contributed by atoms with E-state index in [1.165, 1.54) is 19.2 Å². The Morgan fingerprint density at radius 1 is 1.15 bits per heavy atom. The molecule has 0 bridgehead atoms. The van der Waals surface area contributed by atoms with Gasteiger partial charge in [-0.15, -0.1) is 0 Å². The number of ether oxygens (including phenoxy) is 2. The Balaban J connectivity index is 1.93. The zero-order valence-corrected chi connectivity index (χ0v) is 16.7. The highest BCUT2D eigenvalue weighted by molar-refractivity contribution is 6.36. The molecule has 0 fully saturated rings. The van der Waals surface area contributed by atoms with Crippen LogP contribution in [0.2, 0.25) is 10.0 Å². The Morgan fingerprint density at radius 3 is 2.41 bits per heavy atom. The Labute approximate surface area is 167 Å². The number of anilines is 1. The van der Waals surface area contributed by atoms with Crippen LogP contribution in [0.15, 0.2) is 36.5 Å². The maximum atomic E-state index is 12.2. The average molecular weight is 411 g/mol. The van der Waals surface area contributed by atoms with Gasteiger partial charge in [-0.05, 0) is 43.2 Å². The van der Waals surface area contributed by atoms with Crippen LogP contribution < -0.4 is 10.1 Å². The van der Waals surface area contributed by atoms with Crippen molar-refractivity contribution in [1.82, 2.24) is 4.98 Å². The summed E-state index contributed by atoms with van der Waals surface area (Å²) in [7, 11) is 0. The first-order valence-electron chi connectivity index (χ1n) is 8.32. The number of esters is 1. The third-order valence-electron chi connectivity index (χ3n) is 3.38. The molecular weight excluding hydrogens is 391 g/mol. The van der Waals surface area contributed by atoms with Gasteiger partial charge < -0.3 is 14.8 Å². The molecule has 0 saturated carbocycles. The van der Waals surface area contributed by atoms with Crippen LogP contribution in [0.4, 0.5) is 5.82 Å². The van der Waals surface area contributed by atoms with Crippen LogP contribution in [-0.2, 0) is 9.53 Å². The number of nitrogens with one attached hydrogen (secondary N) is 1. The van der Waals surface area contributed by atoms with Crippen molar-refractivity contribution >= 4 is 40.9 Å². The quantitative estimate of drug-likeness (QED) is 0.674. The van der Waals surface area contributed by atoms with E-state index < -0.39 is 18.0 Å². The summed E-state index contributed by atoms with van der Waals surface area (Å²) in [5.74, 6) is 0.0212. The molecule has 0 radical (unpaired) electrons. The SMILES string of the molecule is CC(C)COc1ccc(C(=O)OC(C)C(=O)Nc2ncc(Cl)cc2Cl)cc1. The van der Waals surface area contributed by atoms with Gasteiger partial charge in [-0.1, -0.05) is 37.0 Å². The lowest BCUT2D eigenvalue weighted by molar-refractivity contribution is -0.123. The molecule has 2 aromatic rings. The molecule has 1 amide bonds. The van der Waals surface area contributed by atoms with Crippen LogP contribution in [-0.4, -0.2) is 29.6 Å². The summed E-state index contributed by atoms with van der Waals surface area (Å²) in [5, 5.41) is 3.02. The fourth-order valence-electron chi connectivity index (χ4n) is 1.96. The predicted octanol–water partition coefficient (Wildman–Crippen LogP) is 4.61. The summed E-state index contributed by atoms with van der Waals surface area (Å²) in [6.07, 6.45) is 0.311. The fourth-order valence-corrected chi connectivity index (χ4v) is 2.38. The number of benzene rings is 1. The Morgan fingerprint density at radius 2 is 1.81 bits per heavy atom. The Kier molecular flexibility index (Phi) is 7.45. The number of aromatic nitrogens is 1. The number of nitrogens with zero attached hydrogens (tertiary/aromatic N) is 1. The highest BCUT2D eigenvalue weighted by Crippen LogP contribution is 2.23. The molecule has 0 spiro atoms. The second-order valence-corrected chi connectivity index (χ2v) is 7.09. The minimum absolute atomic E-state index is 0.139. The summed E-state index contributed by atoms with van der Waals surface area (Å²) in [6.45, 7) is 6.13. The number of hydrogen-bond acceptors (Lipinski definition) is 5. The van der Waals surface area contributed by atoms with Gasteiger partial charge in [-0.2, -0.15) is 0 Å². The van der Waals surface area contributed by atoms with Crippen molar-refractivity contribution < 1.29 is 19.1 Å². The van der Waals surface area contributed by atoms with E-state index in [1.807, 2.05) is 13.8 Å². The first-order valence-corrected chi connectivity index (χ1v) is 9.07. The molecular formula is C19H20Cl2N2O4. The van der Waals surface area contributed by atoms with Crippen LogP contribution >= 0.6 is 23.2 Å². The molecule has 0 aliphatic carbocycles. The Hall–Kier alpha value is -2.31. The van der Waals surface area contributed by atoms with Crippen LogP contribution in [0.1, 0.15) is 31.1 Å². The van der Waals surface area contributed by atoms with Crippen molar-refractivity contribution in [3.05, 3.63) is 52.1 Å². The van der Waals surface area contributed by atoms with Gasteiger partial charge in [0.25, 0.3) is 5.91 Å². The van der Waals surface area contributed by atoms with Crippen LogP contribution in [0.5, 0.6) is 5.75 Å². The highest BCUT2D eigenvalue weighted by Gasteiger charge is 2.20. The van der Waals surface area contributed by atoms with E-state index in [1.54, 1.807) is 24.3 Å². The summed E-state index contributed by atoms with van der Waals surface area (Å²) in [5.41, 5.74) is 0.314. The highest BCUT2D eigenvalue weighted by atomic mass is 35.5. The van der Waals surface area contributed by atoms with Crippen molar-refractivity contribution in [3.63, 3.8) is 0 Å². The molecule has 1 aromatic heterocycles. The lowest BCUT2D eigenvalue weighted by Gasteiger charge is -2.14. The molecule has 1 atom stereocenters. The third-order valence-corrected chi connectivity index (χ3v) is 3.87. The number of halogens is 2. The van der Waals surface area contributed by atoms with Crippen LogP contribution in [0, 0.1) is 5.92 Å². The van der Waals surface area contributed by atoms with E-state index in [9.17, 15) is 9.59 Å². The summed E-state index contributed by atoms with van der Waals surface area (Å²) < 4.78 is 10.7. The first kappa shape index (κ1) is 21.0. The Bertz CT molecular complexity index is 810. The van der Waals surface area contributed by atoms with Gasteiger partial charge in [0.05, 0.1) is 22.2 Å². The van der Waals surface area contributed by atoms with Gasteiger partial charge in [-0.3, -0.25) is 4.79 Å². The second-order valence-electron chi connectivity index (χ2n) is 6.25. The van der Waals surface area contributed by atoms with E-state index in [-0.39, 0.29) is 10.8 Å². The first-order chi connectivity index (χ1) is 12.8. The second kappa shape index (κ2) is 9.58. The van der Waals surface area contributed by atoms with E-state index in [2.05, 4.69) is 10.3 Å². The molecule has 0 aliphatic heterocycles. The fraction of sp³-hybridized carbons (Fsp3) is 0.316. The smallest absolute Gasteiger partial charge is 0.338 e. The van der Waals surface area contributed by atoms with E-state index in [4.69, 9.17) is 32.7 Å². The monoisotopic (exact) mass is 410 g/mol. The number of rotatable bonds is 7. The van der Waals surface area contributed by atoms with Gasteiger partial charge in [-0.25, -0.2) is 9.78 Å². The molecule has 144 valence electrons. The number of carbonyl (C=O) groups excluding carboxylic acids is 2. The molecule has 1 N–H and O–H groups in total. The van der Waals surface area contributed by atoms with Crippen molar-refractivity contribution in [2.75, 3.05) is 11.9 Å². The molecule has 8 heteroatoms. The standard InChI is InChI=1S/C19H20Cl2N2O4/c1-11(2)10-26-15-6-4-13(5-7-15)19(25)27-12(3)18(24)23-17-16(21)8-14(20)9-22-17/h4-9,11-12H,10H2,1-3H3,(H,22,23,24). The van der Waals surface area contributed by atoms with Crippen molar-refractivity contribution in [2.45, 2.75) is 26.9 Å². The predicted molar refractivity (Wildman–Crippen MR) is 105 cm³/mol. The molecule has 0 saturated heterocycles. The van der Waals surface area contributed by atoms with Crippen LogP contribution in [0.25, 0.3) is 0 Å². The minimum atomic E-state index is -1.04. The summed E-state index contributed by atoms with van der Waals surface area (Å²) in [6, 6.07) is 7.98. The topological polar surface area (TPSA) is 77.5 Å².